The van der Waals surface area contributed by atoms with E-state index in [0.29, 0.717) is 12.0 Å². The minimum Gasteiger partial charge on any atom is -0.378 e. The van der Waals surface area contributed by atoms with Crippen molar-refractivity contribution in [1.82, 2.24) is 4.90 Å². The lowest BCUT2D eigenvalue weighted by Gasteiger charge is -2.28. The van der Waals surface area contributed by atoms with Gasteiger partial charge in [-0.1, -0.05) is 114 Å². The van der Waals surface area contributed by atoms with Crippen LogP contribution in [0.4, 0.5) is 0 Å². The molecular formula is C42H75NO. The van der Waals surface area contributed by atoms with Gasteiger partial charge in [0, 0.05) is 13.0 Å². The van der Waals surface area contributed by atoms with E-state index in [1.165, 1.54) is 135 Å². The predicted molar refractivity (Wildman–Crippen MR) is 199 cm³/mol. The summed E-state index contributed by atoms with van der Waals surface area (Å²) in [5.41, 5.74) is 0. The Morgan fingerprint density at radius 3 is 1.89 bits per heavy atom. The van der Waals surface area contributed by atoms with E-state index in [4.69, 9.17) is 4.74 Å². The molecule has 0 radical (unpaired) electrons. The fourth-order valence-corrected chi connectivity index (χ4v) is 5.47. The number of hydrogen-bond donors (Lipinski definition) is 0. The van der Waals surface area contributed by atoms with E-state index >= 15 is 0 Å². The molecule has 254 valence electrons. The first kappa shape index (κ1) is 42.4. The molecule has 0 aliphatic heterocycles. The first-order valence-corrected chi connectivity index (χ1v) is 19.0. The standard InChI is InChI=1S/C42H75NO/c1-6-9-12-15-18-21-24-27-31-36-41(37-32-28-25-22-19-16-13-10-7-2)42(44-40-35-30-34-39-43(4)5)38-33-29-26-23-20-17-14-11-8-3/h17-18,20-23,25-26,41-42H,6-15,24,27-40H2,1-5H3/b20-17-,21-18-,25-22-,26-23-. The summed E-state index contributed by atoms with van der Waals surface area (Å²) in [6.45, 7) is 8.86. The second-order valence-electron chi connectivity index (χ2n) is 13.0. The summed E-state index contributed by atoms with van der Waals surface area (Å²) < 4.78 is 6.74. The molecule has 0 spiro atoms. The zero-order valence-corrected chi connectivity index (χ0v) is 30.3. The largest absolute Gasteiger partial charge is 0.378 e. The van der Waals surface area contributed by atoms with Crippen LogP contribution in [-0.2, 0) is 4.74 Å². The molecule has 0 aromatic rings. The smallest absolute Gasteiger partial charge is 0.0603 e. The highest BCUT2D eigenvalue weighted by Gasteiger charge is 2.21. The number of unbranched alkanes of at least 4 members (excludes halogenated alkanes) is 13. The molecule has 0 aliphatic carbocycles. The molecule has 0 N–H and O–H groups in total. The number of rotatable bonds is 31. The summed E-state index contributed by atoms with van der Waals surface area (Å²) in [6, 6.07) is 0. The Kier molecular flexibility index (Phi) is 34.6. The fourth-order valence-electron chi connectivity index (χ4n) is 5.47. The Morgan fingerprint density at radius 1 is 0.568 bits per heavy atom. The molecule has 2 nitrogen and oxygen atoms in total. The van der Waals surface area contributed by atoms with Crippen LogP contribution in [0.1, 0.15) is 168 Å². The number of ether oxygens (including phenoxy) is 1. The maximum absolute atomic E-state index is 6.74. The molecule has 0 fully saturated rings. The Balaban J connectivity index is 5.07. The Bertz CT molecular complexity index is 749. The van der Waals surface area contributed by atoms with Crippen molar-refractivity contribution in [3.63, 3.8) is 0 Å². The van der Waals surface area contributed by atoms with E-state index in [-0.39, 0.29) is 0 Å². The molecule has 2 atom stereocenters. The molecule has 0 aliphatic rings. The van der Waals surface area contributed by atoms with Gasteiger partial charge in [-0.3, -0.25) is 0 Å². The van der Waals surface area contributed by atoms with Crippen molar-refractivity contribution in [2.24, 2.45) is 5.92 Å². The van der Waals surface area contributed by atoms with Gasteiger partial charge < -0.3 is 9.64 Å². The molecule has 0 amide bonds. The van der Waals surface area contributed by atoms with Crippen LogP contribution in [0.5, 0.6) is 0 Å². The van der Waals surface area contributed by atoms with E-state index in [1.54, 1.807) is 0 Å². The van der Waals surface area contributed by atoms with Crippen molar-refractivity contribution >= 4 is 0 Å². The molecule has 0 bridgehead atoms. The number of hydrogen-bond acceptors (Lipinski definition) is 2. The van der Waals surface area contributed by atoms with E-state index < -0.39 is 0 Å². The first-order chi connectivity index (χ1) is 21.7. The van der Waals surface area contributed by atoms with Gasteiger partial charge in [-0.25, -0.2) is 0 Å². The highest BCUT2D eigenvalue weighted by atomic mass is 16.5. The van der Waals surface area contributed by atoms with E-state index in [0.717, 1.165) is 25.9 Å². The third-order valence-electron chi connectivity index (χ3n) is 8.32. The molecule has 2 heteroatoms. The lowest BCUT2D eigenvalue weighted by atomic mass is 9.87. The second-order valence-corrected chi connectivity index (χ2v) is 13.0. The summed E-state index contributed by atoms with van der Waals surface area (Å²) in [6.07, 6.45) is 47.3. The molecule has 44 heavy (non-hydrogen) atoms. The average molecular weight is 610 g/mol. The summed E-state index contributed by atoms with van der Waals surface area (Å²) >= 11 is 0. The highest BCUT2D eigenvalue weighted by molar-refractivity contribution is 5.15. The maximum Gasteiger partial charge on any atom is 0.0603 e. The lowest BCUT2D eigenvalue weighted by Crippen LogP contribution is -2.25. The van der Waals surface area contributed by atoms with Gasteiger partial charge in [0.1, 0.15) is 0 Å². The summed E-state index contributed by atoms with van der Waals surface area (Å²) in [7, 11) is 4.34. The van der Waals surface area contributed by atoms with E-state index in [1.807, 2.05) is 0 Å². The molecule has 0 saturated carbocycles. The highest BCUT2D eigenvalue weighted by Crippen LogP contribution is 2.27. The van der Waals surface area contributed by atoms with Gasteiger partial charge in [0.25, 0.3) is 0 Å². The van der Waals surface area contributed by atoms with Gasteiger partial charge in [-0.2, -0.15) is 0 Å². The van der Waals surface area contributed by atoms with Crippen molar-refractivity contribution in [2.45, 2.75) is 175 Å². The molecule has 0 heterocycles. The van der Waals surface area contributed by atoms with Crippen molar-refractivity contribution in [3.05, 3.63) is 48.6 Å². The first-order valence-electron chi connectivity index (χ1n) is 19.0. The minimum absolute atomic E-state index is 0.389. The fraction of sp³-hybridized carbons (Fsp3) is 0.762. The Morgan fingerprint density at radius 2 is 1.18 bits per heavy atom. The topological polar surface area (TPSA) is 12.5 Å². The van der Waals surface area contributed by atoms with Crippen molar-refractivity contribution in [1.29, 1.82) is 0 Å². The maximum atomic E-state index is 6.74. The van der Waals surface area contributed by atoms with E-state index in [2.05, 4.69) is 100 Å². The summed E-state index contributed by atoms with van der Waals surface area (Å²) in [5, 5.41) is 0. The quantitative estimate of drug-likeness (QED) is 0.0335. The third-order valence-corrected chi connectivity index (χ3v) is 8.32. The predicted octanol–water partition coefficient (Wildman–Crippen LogP) is 12.8. The van der Waals surface area contributed by atoms with Crippen LogP contribution in [0.3, 0.4) is 0 Å². The molecule has 0 saturated heterocycles. The van der Waals surface area contributed by atoms with Gasteiger partial charge in [0.05, 0.1) is 6.10 Å². The van der Waals surface area contributed by atoms with Crippen LogP contribution < -0.4 is 0 Å². The van der Waals surface area contributed by atoms with Crippen LogP contribution in [0, 0.1) is 17.8 Å². The molecule has 2 unspecified atom stereocenters. The van der Waals surface area contributed by atoms with Gasteiger partial charge in [-0.05, 0) is 135 Å². The third kappa shape index (κ3) is 31.9. The van der Waals surface area contributed by atoms with Gasteiger partial charge in [0.15, 0.2) is 0 Å². The lowest BCUT2D eigenvalue weighted by molar-refractivity contribution is -0.00289. The van der Waals surface area contributed by atoms with Gasteiger partial charge in [-0.15, -0.1) is 0 Å². The number of allylic oxidation sites excluding steroid dienone is 8. The molecule has 0 rings (SSSR count). The monoisotopic (exact) mass is 610 g/mol. The average Bonchev–Trinajstić information content (AvgIpc) is 3.02. The molecular weight excluding hydrogens is 534 g/mol. The zero-order valence-electron chi connectivity index (χ0n) is 30.3. The zero-order chi connectivity index (χ0) is 32.2. The molecule has 0 aromatic heterocycles. The SMILES string of the molecule is CCCCC#C/C=C\CCCC(CCCC/C=C\CCCCC)C(CCC/C=C\C=C/CCCC)OCCCCCN(C)C. The number of nitrogens with zero attached hydrogens (tertiary/aromatic N) is 1. The van der Waals surface area contributed by atoms with Gasteiger partial charge in [0.2, 0.25) is 0 Å². The van der Waals surface area contributed by atoms with Crippen molar-refractivity contribution < 1.29 is 4.74 Å². The van der Waals surface area contributed by atoms with Crippen LogP contribution in [0.25, 0.3) is 0 Å². The summed E-state index contributed by atoms with van der Waals surface area (Å²) in [5.74, 6) is 7.18. The van der Waals surface area contributed by atoms with Crippen LogP contribution >= 0.6 is 0 Å². The van der Waals surface area contributed by atoms with E-state index in [9.17, 15) is 0 Å². The van der Waals surface area contributed by atoms with Crippen LogP contribution in [-0.4, -0.2) is 38.3 Å². The Labute approximate surface area is 277 Å². The van der Waals surface area contributed by atoms with Crippen molar-refractivity contribution in [3.8, 4) is 11.8 Å². The molecule has 0 aromatic carbocycles. The van der Waals surface area contributed by atoms with Crippen LogP contribution in [0.2, 0.25) is 0 Å². The van der Waals surface area contributed by atoms with Gasteiger partial charge >= 0.3 is 0 Å². The minimum atomic E-state index is 0.389. The summed E-state index contributed by atoms with van der Waals surface area (Å²) in [4.78, 5) is 2.29. The normalized spacial score (nSPS) is 13.6. The second kappa shape index (κ2) is 35.9. The van der Waals surface area contributed by atoms with Crippen LogP contribution in [0.15, 0.2) is 48.6 Å². The van der Waals surface area contributed by atoms with Crippen molar-refractivity contribution in [2.75, 3.05) is 27.2 Å². The Hall–Kier alpha value is -1.56.